The summed E-state index contributed by atoms with van der Waals surface area (Å²) in [5.74, 6) is -1.13. The SMILES string of the molecule is Cc1ccccc1C1NC(=O)c2cccc(NC(=O)c3cc(F)n4ccccc34)c21. The number of pyridine rings is 1. The lowest BCUT2D eigenvalue weighted by atomic mass is 9.93. The molecule has 148 valence electrons. The molecule has 1 unspecified atom stereocenters. The molecule has 0 spiro atoms. The maximum atomic E-state index is 14.2. The van der Waals surface area contributed by atoms with E-state index < -0.39 is 11.9 Å². The zero-order chi connectivity index (χ0) is 20.8. The van der Waals surface area contributed by atoms with Crippen LogP contribution in [0.4, 0.5) is 10.1 Å². The van der Waals surface area contributed by atoms with Gasteiger partial charge in [0.2, 0.25) is 0 Å². The van der Waals surface area contributed by atoms with Gasteiger partial charge in [-0.25, -0.2) is 0 Å². The standard InChI is InChI=1S/C24H18FN3O2/c1-14-7-2-3-8-15(14)22-21-16(23(29)27-22)9-6-10-18(21)26-24(30)17-13-20(25)28-12-5-4-11-19(17)28/h2-13,22H,1H3,(H,26,30)(H,27,29). The van der Waals surface area contributed by atoms with Crippen molar-refractivity contribution in [2.45, 2.75) is 13.0 Å². The molecule has 0 saturated carbocycles. The van der Waals surface area contributed by atoms with Crippen molar-refractivity contribution in [3.05, 3.63) is 107 Å². The van der Waals surface area contributed by atoms with E-state index in [4.69, 9.17) is 0 Å². The lowest BCUT2D eigenvalue weighted by Crippen LogP contribution is -2.21. The maximum absolute atomic E-state index is 14.2. The van der Waals surface area contributed by atoms with Gasteiger partial charge in [0.1, 0.15) is 0 Å². The second-order valence-electron chi connectivity index (χ2n) is 7.32. The molecule has 1 atom stereocenters. The van der Waals surface area contributed by atoms with Gasteiger partial charge >= 0.3 is 0 Å². The second-order valence-corrected chi connectivity index (χ2v) is 7.32. The third-order valence-corrected chi connectivity index (χ3v) is 5.54. The maximum Gasteiger partial charge on any atom is 0.257 e. The Balaban J connectivity index is 1.58. The number of nitrogens with one attached hydrogen (secondary N) is 2. The molecule has 0 radical (unpaired) electrons. The van der Waals surface area contributed by atoms with Gasteiger partial charge in [-0.05, 0) is 42.3 Å². The predicted octanol–water partition coefficient (Wildman–Crippen LogP) is 4.47. The number of rotatable bonds is 3. The fraction of sp³-hybridized carbons (Fsp3) is 0.0833. The molecule has 2 aromatic carbocycles. The van der Waals surface area contributed by atoms with E-state index in [-0.39, 0.29) is 17.5 Å². The third-order valence-electron chi connectivity index (χ3n) is 5.54. The summed E-state index contributed by atoms with van der Waals surface area (Å²) < 4.78 is 15.6. The summed E-state index contributed by atoms with van der Waals surface area (Å²) in [6.45, 7) is 1.98. The topological polar surface area (TPSA) is 62.6 Å². The molecule has 30 heavy (non-hydrogen) atoms. The number of carbonyl (C=O) groups excluding carboxylic acids is 2. The van der Waals surface area contributed by atoms with Gasteiger partial charge in [0.15, 0.2) is 5.95 Å². The van der Waals surface area contributed by atoms with E-state index in [0.29, 0.717) is 22.3 Å². The fourth-order valence-corrected chi connectivity index (χ4v) is 4.09. The first-order valence-electron chi connectivity index (χ1n) is 9.61. The van der Waals surface area contributed by atoms with Gasteiger partial charge in [-0.2, -0.15) is 4.39 Å². The minimum atomic E-state index is -0.510. The van der Waals surface area contributed by atoms with Crippen molar-refractivity contribution in [3.8, 4) is 0 Å². The average molecular weight is 399 g/mol. The van der Waals surface area contributed by atoms with E-state index in [0.717, 1.165) is 11.1 Å². The van der Waals surface area contributed by atoms with Crippen molar-refractivity contribution in [1.29, 1.82) is 0 Å². The summed E-state index contributed by atoms with van der Waals surface area (Å²) in [5.41, 5.74) is 4.48. The summed E-state index contributed by atoms with van der Waals surface area (Å²) in [6, 6.07) is 19.0. The number of aromatic nitrogens is 1. The molecule has 1 aliphatic heterocycles. The zero-order valence-electron chi connectivity index (χ0n) is 16.1. The molecule has 2 aromatic heterocycles. The molecule has 6 heteroatoms. The van der Waals surface area contributed by atoms with Crippen LogP contribution in [-0.2, 0) is 0 Å². The Hall–Kier alpha value is -3.93. The Bertz CT molecular complexity index is 1330. The van der Waals surface area contributed by atoms with E-state index in [1.54, 1.807) is 42.6 Å². The monoisotopic (exact) mass is 399 g/mol. The number of anilines is 1. The van der Waals surface area contributed by atoms with Crippen molar-refractivity contribution < 1.29 is 14.0 Å². The van der Waals surface area contributed by atoms with E-state index in [9.17, 15) is 14.0 Å². The Morgan fingerprint density at radius 2 is 1.87 bits per heavy atom. The van der Waals surface area contributed by atoms with Crippen LogP contribution in [0.5, 0.6) is 0 Å². The van der Waals surface area contributed by atoms with E-state index in [1.807, 2.05) is 31.2 Å². The molecule has 2 amide bonds. The quantitative estimate of drug-likeness (QED) is 0.534. The van der Waals surface area contributed by atoms with Crippen molar-refractivity contribution >= 4 is 23.0 Å². The smallest absolute Gasteiger partial charge is 0.257 e. The number of halogens is 1. The molecule has 5 rings (SSSR count). The number of nitrogens with zero attached hydrogens (tertiary/aromatic N) is 1. The molecule has 2 N–H and O–H groups in total. The Labute approximate surface area is 172 Å². The minimum absolute atomic E-state index is 0.185. The molecule has 0 bridgehead atoms. The Morgan fingerprint density at radius 3 is 2.70 bits per heavy atom. The highest BCUT2D eigenvalue weighted by molar-refractivity contribution is 6.11. The molecular formula is C24H18FN3O2. The van der Waals surface area contributed by atoms with Crippen LogP contribution in [-0.4, -0.2) is 16.2 Å². The van der Waals surface area contributed by atoms with Crippen molar-refractivity contribution in [1.82, 2.24) is 9.72 Å². The first-order valence-corrected chi connectivity index (χ1v) is 9.61. The second kappa shape index (κ2) is 6.84. The Morgan fingerprint density at radius 1 is 1.07 bits per heavy atom. The summed E-state index contributed by atoms with van der Waals surface area (Å²) in [5, 5.41) is 5.90. The normalized spacial score (nSPS) is 15.1. The van der Waals surface area contributed by atoms with Crippen LogP contribution < -0.4 is 10.6 Å². The number of amides is 2. The van der Waals surface area contributed by atoms with Crippen molar-refractivity contribution in [2.75, 3.05) is 5.32 Å². The molecular weight excluding hydrogens is 381 g/mol. The van der Waals surface area contributed by atoms with Crippen LogP contribution >= 0.6 is 0 Å². The molecule has 3 heterocycles. The largest absolute Gasteiger partial charge is 0.341 e. The molecule has 0 fully saturated rings. The molecule has 4 aromatic rings. The third kappa shape index (κ3) is 2.76. The van der Waals surface area contributed by atoms with Crippen LogP contribution in [0.25, 0.3) is 5.52 Å². The van der Waals surface area contributed by atoms with E-state index >= 15 is 0 Å². The van der Waals surface area contributed by atoms with Crippen LogP contribution in [0.3, 0.4) is 0 Å². The van der Waals surface area contributed by atoms with Gasteiger partial charge in [-0.1, -0.05) is 36.4 Å². The number of benzene rings is 2. The van der Waals surface area contributed by atoms with E-state index in [2.05, 4.69) is 10.6 Å². The predicted molar refractivity (Wildman–Crippen MR) is 112 cm³/mol. The highest BCUT2D eigenvalue weighted by Gasteiger charge is 2.33. The lowest BCUT2D eigenvalue weighted by molar-refractivity contribution is 0.0959. The number of carbonyl (C=O) groups is 2. The summed E-state index contributed by atoms with van der Waals surface area (Å²) >= 11 is 0. The van der Waals surface area contributed by atoms with Gasteiger partial charge < -0.3 is 10.6 Å². The van der Waals surface area contributed by atoms with Crippen LogP contribution in [0.1, 0.15) is 43.4 Å². The first kappa shape index (κ1) is 18.1. The van der Waals surface area contributed by atoms with Gasteiger partial charge in [-0.3, -0.25) is 14.0 Å². The average Bonchev–Trinajstić information content (AvgIpc) is 3.27. The minimum Gasteiger partial charge on any atom is -0.341 e. The number of hydrogen-bond donors (Lipinski definition) is 2. The highest BCUT2D eigenvalue weighted by Crippen LogP contribution is 2.37. The summed E-state index contributed by atoms with van der Waals surface area (Å²) in [6.07, 6.45) is 1.57. The van der Waals surface area contributed by atoms with Gasteiger partial charge in [0.05, 0.1) is 17.1 Å². The number of aryl methyl sites for hydroxylation is 1. The van der Waals surface area contributed by atoms with Crippen LogP contribution in [0.2, 0.25) is 0 Å². The van der Waals surface area contributed by atoms with Crippen LogP contribution in [0.15, 0.2) is 72.9 Å². The highest BCUT2D eigenvalue weighted by atomic mass is 19.1. The van der Waals surface area contributed by atoms with Gasteiger partial charge in [0, 0.05) is 29.1 Å². The van der Waals surface area contributed by atoms with Crippen molar-refractivity contribution in [2.24, 2.45) is 0 Å². The zero-order valence-corrected chi connectivity index (χ0v) is 16.1. The lowest BCUT2D eigenvalue weighted by Gasteiger charge is -2.18. The molecule has 5 nitrogen and oxygen atoms in total. The van der Waals surface area contributed by atoms with Gasteiger partial charge in [0.25, 0.3) is 11.8 Å². The molecule has 0 saturated heterocycles. The van der Waals surface area contributed by atoms with E-state index in [1.165, 1.54) is 10.5 Å². The fourth-order valence-electron chi connectivity index (χ4n) is 4.09. The van der Waals surface area contributed by atoms with Crippen molar-refractivity contribution in [3.63, 3.8) is 0 Å². The van der Waals surface area contributed by atoms with Crippen LogP contribution in [0, 0.1) is 12.9 Å². The number of hydrogen-bond acceptors (Lipinski definition) is 2. The molecule has 0 aliphatic carbocycles. The number of fused-ring (bicyclic) bond motifs is 2. The van der Waals surface area contributed by atoms with Gasteiger partial charge in [-0.15, -0.1) is 0 Å². The summed E-state index contributed by atoms with van der Waals surface area (Å²) in [4.78, 5) is 25.6. The Kier molecular flexibility index (Phi) is 4.13. The molecule has 1 aliphatic rings. The summed E-state index contributed by atoms with van der Waals surface area (Å²) in [7, 11) is 0. The first-order chi connectivity index (χ1) is 14.5.